The minimum Gasteiger partial charge on any atom is -0.406 e. The number of hydrogen-bond acceptors (Lipinski definition) is 2. The van der Waals surface area contributed by atoms with Crippen LogP contribution in [0.1, 0.15) is 17.2 Å². The monoisotopic (exact) mass is 285 g/mol. The summed E-state index contributed by atoms with van der Waals surface area (Å²) in [5, 5.41) is 0. The number of alkyl halides is 3. The van der Waals surface area contributed by atoms with E-state index in [-0.39, 0.29) is 5.75 Å². The molecule has 20 heavy (non-hydrogen) atoms. The molecule has 2 rings (SSSR count). The molecule has 0 bridgehead atoms. The third-order valence-corrected chi connectivity index (χ3v) is 2.66. The van der Waals surface area contributed by atoms with Gasteiger partial charge in [0.15, 0.2) is 0 Å². The van der Waals surface area contributed by atoms with Gasteiger partial charge in [-0.15, -0.1) is 13.2 Å². The molecule has 2 N–H and O–H groups in total. The molecule has 106 valence electrons. The van der Waals surface area contributed by atoms with Gasteiger partial charge in [-0.3, -0.25) is 0 Å². The Morgan fingerprint density at radius 3 is 2.15 bits per heavy atom. The molecule has 0 spiro atoms. The largest absolute Gasteiger partial charge is 0.573 e. The van der Waals surface area contributed by atoms with E-state index in [9.17, 15) is 17.6 Å². The lowest BCUT2D eigenvalue weighted by molar-refractivity contribution is -0.274. The zero-order valence-corrected chi connectivity index (χ0v) is 10.2. The van der Waals surface area contributed by atoms with Crippen LogP contribution in [0.15, 0.2) is 48.5 Å². The van der Waals surface area contributed by atoms with E-state index in [2.05, 4.69) is 4.74 Å². The molecule has 0 saturated carbocycles. The van der Waals surface area contributed by atoms with Crippen molar-refractivity contribution in [2.24, 2.45) is 5.73 Å². The van der Waals surface area contributed by atoms with E-state index in [1.807, 2.05) is 0 Å². The van der Waals surface area contributed by atoms with Gasteiger partial charge in [-0.1, -0.05) is 24.3 Å². The highest BCUT2D eigenvalue weighted by atomic mass is 19.4. The summed E-state index contributed by atoms with van der Waals surface area (Å²) >= 11 is 0. The van der Waals surface area contributed by atoms with E-state index >= 15 is 0 Å². The Balaban J connectivity index is 2.26. The van der Waals surface area contributed by atoms with Crippen molar-refractivity contribution in [3.8, 4) is 5.75 Å². The molecule has 2 aromatic rings. The molecule has 0 aromatic heterocycles. The van der Waals surface area contributed by atoms with Gasteiger partial charge < -0.3 is 10.5 Å². The predicted molar refractivity (Wildman–Crippen MR) is 65.6 cm³/mol. The van der Waals surface area contributed by atoms with Crippen LogP contribution in [0.4, 0.5) is 17.6 Å². The summed E-state index contributed by atoms with van der Waals surface area (Å²) in [5.41, 5.74) is 6.78. The zero-order chi connectivity index (χ0) is 14.8. The smallest absolute Gasteiger partial charge is 0.406 e. The molecule has 2 nitrogen and oxygen atoms in total. The molecular formula is C14H11F4NO. The van der Waals surface area contributed by atoms with Gasteiger partial charge in [-0.2, -0.15) is 0 Å². The standard InChI is InChI=1S/C14H11F4NO/c15-11-5-1-3-9(7-11)13(19)10-4-2-6-12(8-10)20-14(16,17)18/h1-8,13H,19H2. The van der Waals surface area contributed by atoms with Gasteiger partial charge in [0.25, 0.3) is 0 Å². The molecule has 6 heteroatoms. The Kier molecular flexibility index (Phi) is 3.94. The normalized spacial score (nSPS) is 13.1. The quantitative estimate of drug-likeness (QED) is 0.871. The molecule has 0 aliphatic heterocycles. The van der Waals surface area contributed by atoms with Crippen LogP contribution in [0.3, 0.4) is 0 Å². The third-order valence-electron chi connectivity index (χ3n) is 2.66. The maximum absolute atomic E-state index is 13.1. The van der Waals surface area contributed by atoms with Crippen molar-refractivity contribution in [1.29, 1.82) is 0 Å². The lowest BCUT2D eigenvalue weighted by Gasteiger charge is -2.15. The van der Waals surface area contributed by atoms with Crippen molar-refractivity contribution in [2.45, 2.75) is 12.4 Å². The van der Waals surface area contributed by atoms with Crippen LogP contribution in [-0.4, -0.2) is 6.36 Å². The third kappa shape index (κ3) is 3.71. The van der Waals surface area contributed by atoms with Crippen LogP contribution in [-0.2, 0) is 0 Å². The van der Waals surface area contributed by atoms with Crippen LogP contribution in [0, 0.1) is 5.82 Å². The topological polar surface area (TPSA) is 35.2 Å². The number of halogens is 4. The highest BCUT2D eigenvalue weighted by Gasteiger charge is 2.31. The van der Waals surface area contributed by atoms with Gasteiger partial charge in [0.2, 0.25) is 0 Å². The molecular weight excluding hydrogens is 274 g/mol. The molecule has 1 unspecified atom stereocenters. The fourth-order valence-electron chi connectivity index (χ4n) is 1.80. The van der Waals surface area contributed by atoms with E-state index in [1.54, 1.807) is 12.1 Å². The minimum absolute atomic E-state index is 0.359. The molecule has 1 atom stereocenters. The Morgan fingerprint density at radius 1 is 0.950 bits per heavy atom. The summed E-state index contributed by atoms with van der Waals surface area (Å²) in [4.78, 5) is 0. The van der Waals surface area contributed by atoms with Gasteiger partial charge in [0, 0.05) is 0 Å². The SMILES string of the molecule is NC(c1cccc(F)c1)c1cccc(OC(F)(F)F)c1. The van der Waals surface area contributed by atoms with Crippen LogP contribution < -0.4 is 10.5 Å². The van der Waals surface area contributed by atoms with Crippen molar-refractivity contribution < 1.29 is 22.3 Å². The fraction of sp³-hybridized carbons (Fsp3) is 0.143. The van der Waals surface area contributed by atoms with Crippen molar-refractivity contribution in [1.82, 2.24) is 0 Å². The Morgan fingerprint density at radius 2 is 1.55 bits per heavy atom. The van der Waals surface area contributed by atoms with Crippen molar-refractivity contribution in [3.63, 3.8) is 0 Å². The molecule has 0 aliphatic rings. The van der Waals surface area contributed by atoms with Crippen molar-refractivity contribution in [2.75, 3.05) is 0 Å². The fourth-order valence-corrected chi connectivity index (χ4v) is 1.80. The summed E-state index contributed by atoms with van der Waals surface area (Å²) in [6.45, 7) is 0. The van der Waals surface area contributed by atoms with Gasteiger partial charge in [-0.25, -0.2) is 4.39 Å². The molecule has 0 aliphatic carbocycles. The van der Waals surface area contributed by atoms with Gasteiger partial charge in [0.05, 0.1) is 6.04 Å². The second-order valence-corrected chi connectivity index (χ2v) is 4.15. The Hall–Kier alpha value is -2.08. The first-order valence-electron chi connectivity index (χ1n) is 5.72. The molecule has 0 amide bonds. The Labute approximate surface area is 112 Å². The molecule has 2 aromatic carbocycles. The van der Waals surface area contributed by atoms with Crippen LogP contribution in [0.5, 0.6) is 5.75 Å². The van der Waals surface area contributed by atoms with Crippen LogP contribution in [0.2, 0.25) is 0 Å². The first kappa shape index (κ1) is 14.3. The van der Waals surface area contributed by atoms with Crippen molar-refractivity contribution >= 4 is 0 Å². The van der Waals surface area contributed by atoms with E-state index in [4.69, 9.17) is 5.73 Å². The van der Waals surface area contributed by atoms with Crippen LogP contribution >= 0.6 is 0 Å². The maximum Gasteiger partial charge on any atom is 0.573 e. The van der Waals surface area contributed by atoms with E-state index < -0.39 is 18.2 Å². The van der Waals surface area contributed by atoms with E-state index in [0.717, 1.165) is 0 Å². The average Bonchev–Trinajstić information content (AvgIpc) is 2.36. The summed E-state index contributed by atoms with van der Waals surface area (Å²) in [6.07, 6.45) is -4.76. The zero-order valence-electron chi connectivity index (χ0n) is 10.2. The highest BCUT2D eigenvalue weighted by molar-refractivity contribution is 5.36. The van der Waals surface area contributed by atoms with Gasteiger partial charge >= 0.3 is 6.36 Å². The molecule has 0 radical (unpaired) electrons. The molecule has 0 heterocycles. The average molecular weight is 285 g/mol. The van der Waals surface area contributed by atoms with Crippen molar-refractivity contribution in [3.05, 3.63) is 65.5 Å². The predicted octanol–water partition coefficient (Wildman–Crippen LogP) is 3.77. The van der Waals surface area contributed by atoms with Gasteiger partial charge in [0.1, 0.15) is 11.6 Å². The van der Waals surface area contributed by atoms with E-state index in [0.29, 0.717) is 11.1 Å². The summed E-state index contributed by atoms with van der Waals surface area (Å²) in [5.74, 6) is -0.817. The second kappa shape index (κ2) is 5.50. The number of ether oxygens (including phenoxy) is 1. The highest BCUT2D eigenvalue weighted by Crippen LogP contribution is 2.27. The first-order chi connectivity index (χ1) is 9.35. The minimum atomic E-state index is -4.76. The number of benzene rings is 2. The molecule has 0 fully saturated rings. The van der Waals surface area contributed by atoms with Gasteiger partial charge in [-0.05, 0) is 35.4 Å². The first-order valence-corrected chi connectivity index (χ1v) is 5.72. The summed E-state index contributed by atoms with van der Waals surface area (Å²) in [6, 6.07) is 10.2. The Bertz CT molecular complexity index is 598. The number of hydrogen-bond donors (Lipinski definition) is 1. The lowest BCUT2D eigenvalue weighted by atomic mass is 9.99. The number of rotatable bonds is 3. The van der Waals surface area contributed by atoms with Crippen LogP contribution in [0.25, 0.3) is 0 Å². The molecule has 0 saturated heterocycles. The maximum atomic E-state index is 13.1. The summed E-state index contributed by atoms with van der Waals surface area (Å²) in [7, 11) is 0. The lowest BCUT2D eigenvalue weighted by Crippen LogP contribution is -2.18. The summed E-state index contributed by atoms with van der Waals surface area (Å²) < 4.78 is 53.4. The number of nitrogens with two attached hydrogens (primary N) is 1. The second-order valence-electron chi connectivity index (χ2n) is 4.15. The van der Waals surface area contributed by atoms with E-state index in [1.165, 1.54) is 36.4 Å².